The molecule has 0 aromatic carbocycles. The second-order valence-electron chi connectivity index (χ2n) is 5.24. The lowest BCUT2D eigenvalue weighted by Gasteiger charge is -2.31. The molecule has 1 aromatic heterocycles. The highest BCUT2D eigenvalue weighted by molar-refractivity contribution is 5.82. The van der Waals surface area contributed by atoms with Gasteiger partial charge in [0, 0.05) is 18.0 Å². The fourth-order valence-corrected chi connectivity index (χ4v) is 1.72. The Kier molecular flexibility index (Phi) is 3.74. The minimum Gasteiger partial charge on any atom is -0.497 e. The largest absolute Gasteiger partial charge is 0.497 e. The first-order valence-corrected chi connectivity index (χ1v) is 6.20. The van der Waals surface area contributed by atoms with Crippen LogP contribution in [0.2, 0.25) is 0 Å². The molecule has 0 atom stereocenters. The topological polar surface area (TPSA) is 51.7 Å². The molecule has 1 amide bonds. The number of amides is 1. The minimum absolute atomic E-state index is 0.362. The summed E-state index contributed by atoms with van der Waals surface area (Å²) in [5.74, 6) is 0. The number of carbonyl (C=O) groups excluding carboxylic acids is 1. The number of ether oxygens (including phenoxy) is 2. The summed E-state index contributed by atoms with van der Waals surface area (Å²) < 4.78 is 10.7. The van der Waals surface area contributed by atoms with Crippen LogP contribution >= 0.6 is 0 Å². The Morgan fingerprint density at radius 3 is 2.68 bits per heavy atom. The minimum atomic E-state index is -0.515. The summed E-state index contributed by atoms with van der Waals surface area (Å²) in [5, 5.41) is 0. The van der Waals surface area contributed by atoms with Crippen molar-refractivity contribution in [1.82, 2.24) is 9.88 Å². The number of pyridine rings is 1. The Hall–Kier alpha value is -2.04. The number of nitrogens with zero attached hydrogens (tertiary/aromatic N) is 2. The highest BCUT2D eigenvalue weighted by Gasteiger charge is 2.27. The van der Waals surface area contributed by atoms with Crippen LogP contribution in [0.5, 0.6) is 0 Å². The van der Waals surface area contributed by atoms with Crippen molar-refractivity contribution < 1.29 is 14.3 Å². The van der Waals surface area contributed by atoms with Gasteiger partial charge in [0.2, 0.25) is 0 Å². The number of hydrogen-bond donors (Lipinski definition) is 0. The van der Waals surface area contributed by atoms with Crippen LogP contribution in [-0.4, -0.2) is 34.7 Å². The molecule has 2 rings (SSSR count). The number of rotatable bonds is 1. The van der Waals surface area contributed by atoms with Crippen molar-refractivity contribution in [2.24, 2.45) is 0 Å². The molecule has 1 aliphatic heterocycles. The van der Waals surface area contributed by atoms with Crippen LogP contribution in [0, 0.1) is 0 Å². The first kappa shape index (κ1) is 13.4. The molecule has 0 aliphatic carbocycles. The second-order valence-corrected chi connectivity index (χ2v) is 5.24. The summed E-state index contributed by atoms with van der Waals surface area (Å²) in [6.45, 7) is 6.49. The molecule has 0 saturated heterocycles. The maximum Gasteiger partial charge on any atom is 0.415 e. The molecule has 0 fully saturated rings. The van der Waals surface area contributed by atoms with Crippen molar-refractivity contribution in [3.8, 4) is 0 Å². The van der Waals surface area contributed by atoms with Gasteiger partial charge in [-0.3, -0.25) is 9.88 Å². The van der Waals surface area contributed by atoms with Crippen LogP contribution in [0.15, 0.2) is 30.8 Å². The van der Waals surface area contributed by atoms with Crippen LogP contribution < -0.4 is 0 Å². The molecular weight excluding hydrogens is 244 g/mol. The first-order valence-electron chi connectivity index (χ1n) is 6.20. The van der Waals surface area contributed by atoms with E-state index < -0.39 is 5.60 Å². The van der Waals surface area contributed by atoms with Gasteiger partial charge in [0.25, 0.3) is 0 Å². The quantitative estimate of drug-likeness (QED) is 0.780. The van der Waals surface area contributed by atoms with E-state index in [0.29, 0.717) is 18.8 Å². The molecule has 19 heavy (non-hydrogen) atoms. The van der Waals surface area contributed by atoms with E-state index in [0.717, 1.165) is 5.56 Å². The lowest BCUT2D eigenvalue weighted by atomic mass is 10.2. The van der Waals surface area contributed by atoms with Gasteiger partial charge in [-0.05, 0) is 32.9 Å². The molecular formula is C14H18N2O3. The van der Waals surface area contributed by atoms with E-state index in [-0.39, 0.29) is 6.09 Å². The van der Waals surface area contributed by atoms with Gasteiger partial charge < -0.3 is 9.47 Å². The lowest BCUT2D eigenvalue weighted by molar-refractivity contribution is 0.0296. The van der Waals surface area contributed by atoms with Crippen molar-refractivity contribution in [3.05, 3.63) is 36.4 Å². The normalized spacial score (nSPS) is 15.5. The van der Waals surface area contributed by atoms with E-state index in [1.165, 1.54) is 0 Å². The van der Waals surface area contributed by atoms with Crippen molar-refractivity contribution in [2.45, 2.75) is 26.4 Å². The predicted octanol–water partition coefficient (Wildman–Crippen LogP) is 2.65. The van der Waals surface area contributed by atoms with E-state index in [4.69, 9.17) is 9.47 Å². The Morgan fingerprint density at radius 1 is 1.37 bits per heavy atom. The molecule has 0 saturated carbocycles. The van der Waals surface area contributed by atoms with Crippen molar-refractivity contribution >= 4 is 11.8 Å². The fourth-order valence-electron chi connectivity index (χ4n) is 1.72. The molecule has 5 nitrogen and oxygen atoms in total. The first-order chi connectivity index (χ1) is 8.97. The maximum atomic E-state index is 12.2. The molecule has 0 bridgehead atoms. The van der Waals surface area contributed by atoms with Gasteiger partial charge >= 0.3 is 6.09 Å². The zero-order valence-corrected chi connectivity index (χ0v) is 11.4. The second kappa shape index (κ2) is 5.30. The van der Waals surface area contributed by atoms with Gasteiger partial charge in [0.05, 0.1) is 12.2 Å². The van der Waals surface area contributed by atoms with Crippen molar-refractivity contribution in [1.29, 1.82) is 0 Å². The Morgan fingerprint density at radius 2 is 2.05 bits per heavy atom. The summed E-state index contributed by atoms with van der Waals surface area (Å²) in [4.78, 5) is 17.7. The van der Waals surface area contributed by atoms with E-state index in [2.05, 4.69) is 4.98 Å². The van der Waals surface area contributed by atoms with Gasteiger partial charge in [-0.25, -0.2) is 4.79 Å². The monoisotopic (exact) mass is 262 g/mol. The SMILES string of the molecule is CC(C)(C)OC(=O)N1CCOC=C1c1ccncc1. The molecule has 102 valence electrons. The molecule has 5 heteroatoms. The van der Waals surface area contributed by atoms with E-state index >= 15 is 0 Å². The van der Waals surface area contributed by atoms with Gasteiger partial charge in [-0.1, -0.05) is 0 Å². The van der Waals surface area contributed by atoms with E-state index in [1.807, 2.05) is 32.9 Å². The lowest BCUT2D eigenvalue weighted by Crippen LogP contribution is -2.39. The fraction of sp³-hybridized carbons (Fsp3) is 0.429. The highest BCUT2D eigenvalue weighted by atomic mass is 16.6. The van der Waals surface area contributed by atoms with Gasteiger partial charge in [0.15, 0.2) is 0 Å². The predicted molar refractivity (Wildman–Crippen MR) is 71.1 cm³/mol. The average Bonchev–Trinajstić information content (AvgIpc) is 2.38. The standard InChI is InChI=1S/C14H18N2O3/c1-14(2,3)19-13(17)16-8-9-18-10-12(16)11-4-6-15-7-5-11/h4-7,10H,8-9H2,1-3H3. The summed E-state index contributed by atoms with van der Waals surface area (Å²) in [6, 6.07) is 3.66. The Bertz CT molecular complexity index is 477. The third-order valence-corrected chi connectivity index (χ3v) is 2.51. The van der Waals surface area contributed by atoms with Crippen LogP contribution in [0.1, 0.15) is 26.3 Å². The molecule has 1 aliphatic rings. The maximum absolute atomic E-state index is 12.2. The molecule has 0 unspecified atom stereocenters. The Labute approximate surface area is 112 Å². The molecule has 0 spiro atoms. The van der Waals surface area contributed by atoms with Gasteiger partial charge in [-0.2, -0.15) is 0 Å². The van der Waals surface area contributed by atoms with Crippen LogP contribution in [0.25, 0.3) is 5.70 Å². The summed E-state index contributed by atoms with van der Waals surface area (Å²) in [6.07, 6.45) is 4.58. The third-order valence-electron chi connectivity index (χ3n) is 2.51. The number of carbonyl (C=O) groups is 1. The zero-order valence-electron chi connectivity index (χ0n) is 11.4. The van der Waals surface area contributed by atoms with E-state index in [1.54, 1.807) is 23.6 Å². The highest BCUT2D eigenvalue weighted by Crippen LogP contribution is 2.24. The van der Waals surface area contributed by atoms with Crippen LogP contribution in [0.3, 0.4) is 0 Å². The smallest absolute Gasteiger partial charge is 0.415 e. The van der Waals surface area contributed by atoms with Crippen molar-refractivity contribution in [3.63, 3.8) is 0 Å². The van der Waals surface area contributed by atoms with Gasteiger partial charge in [0.1, 0.15) is 18.5 Å². The molecule has 2 heterocycles. The summed E-state index contributed by atoms with van der Waals surface area (Å²) in [7, 11) is 0. The van der Waals surface area contributed by atoms with Crippen LogP contribution in [0.4, 0.5) is 4.79 Å². The summed E-state index contributed by atoms with van der Waals surface area (Å²) in [5.41, 5.74) is 1.06. The van der Waals surface area contributed by atoms with Gasteiger partial charge in [-0.15, -0.1) is 0 Å². The van der Waals surface area contributed by atoms with Crippen LogP contribution in [-0.2, 0) is 9.47 Å². The number of hydrogen-bond acceptors (Lipinski definition) is 4. The molecule has 0 radical (unpaired) electrons. The third kappa shape index (κ3) is 3.47. The van der Waals surface area contributed by atoms with Crippen molar-refractivity contribution in [2.75, 3.05) is 13.2 Å². The molecule has 0 N–H and O–H groups in total. The number of aromatic nitrogens is 1. The Balaban J connectivity index is 2.22. The van der Waals surface area contributed by atoms with E-state index in [9.17, 15) is 4.79 Å². The molecule has 1 aromatic rings. The zero-order chi connectivity index (χ0) is 13.9. The average molecular weight is 262 g/mol. The summed E-state index contributed by atoms with van der Waals surface area (Å²) >= 11 is 0.